The average molecular weight is 360 g/mol. The van der Waals surface area contributed by atoms with Crippen molar-refractivity contribution < 1.29 is 14.0 Å². The number of carbonyl (C=O) groups excluding carboxylic acids is 2. The molecule has 6 heteroatoms. The zero-order valence-corrected chi connectivity index (χ0v) is 15.2. The van der Waals surface area contributed by atoms with E-state index in [-0.39, 0.29) is 23.5 Å². The zero-order chi connectivity index (χ0) is 18.0. The van der Waals surface area contributed by atoms with Crippen LogP contribution in [0.4, 0.5) is 4.39 Å². The van der Waals surface area contributed by atoms with Gasteiger partial charge < -0.3 is 10.2 Å². The standard InChI is InChI=1S/C19H21FN2O2S/c1-22(2)19(24)17-10-14-9-13(6-7-16(14)25-17)18(23)21-11-12-4-3-5-15(20)8-12/h3-5,8,10,13H,6-7,9,11H2,1-2H3,(H,21,23)/t13-/m0/s1. The maximum absolute atomic E-state index is 13.2. The van der Waals surface area contributed by atoms with Crippen molar-refractivity contribution in [3.63, 3.8) is 0 Å². The maximum Gasteiger partial charge on any atom is 0.263 e. The van der Waals surface area contributed by atoms with Gasteiger partial charge >= 0.3 is 0 Å². The molecule has 1 heterocycles. The van der Waals surface area contributed by atoms with Gasteiger partial charge in [-0.15, -0.1) is 11.3 Å². The fraction of sp³-hybridized carbons (Fsp3) is 0.368. The van der Waals surface area contributed by atoms with Crippen LogP contribution < -0.4 is 5.32 Å². The van der Waals surface area contributed by atoms with E-state index in [4.69, 9.17) is 0 Å². The molecule has 0 saturated carbocycles. The number of hydrogen-bond acceptors (Lipinski definition) is 3. The number of halogens is 1. The summed E-state index contributed by atoms with van der Waals surface area (Å²) < 4.78 is 13.2. The van der Waals surface area contributed by atoms with Crippen molar-refractivity contribution in [2.24, 2.45) is 5.92 Å². The second-order valence-electron chi connectivity index (χ2n) is 6.55. The largest absolute Gasteiger partial charge is 0.352 e. The summed E-state index contributed by atoms with van der Waals surface area (Å²) >= 11 is 1.53. The highest BCUT2D eigenvalue weighted by Crippen LogP contribution is 2.33. The number of rotatable bonds is 4. The van der Waals surface area contributed by atoms with Gasteiger partial charge in [-0.2, -0.15) is 0 Å². The first-order valence-electron chi connectivity index (χ1n) is 8.29. The van der Waals surface area contributed by atoms with E-state index in [0.29, 0.717) is 13.0 Å². The van der Waals surface area contributed by atoms with Gasteiger partial charge in [-0.25, -0.2) is 4.39 Å². The Morgan fingerprint density at radius 3 is 2.84 bits per heavy atom. The number of thiophene rings is 1. The van der Waals surface area contributed by atoms with Crippen LogP contribution in [0.15, 0.2) is 30.3 Å². The van der Waals surface area contributed by atoms with Gasteiger partial charge in [-0.05, 0) is 48.6 Å². The Hall–Kier alpha value is -2.21. The van der Waals surface area contributed by atoms with Crippen molar-refractivity contribution in [2.75, 3.05) is 14.1 Å². The van der Waals surface area contributed by atoms with Gasteiger partial charge in [0, 0.05) is 31.4 Å². The molecule has 1 aliphatic carbocycles. The molecule has 0 unspecified atom stereocenters. The Bertz CT molecular complexity index is 800. The monoisotopic (exact) mass is 360 g/mol. The predicted octanol–water partition coefficient (Wildman–Crippen LogP) is 3.01. The van der Waals surface area contributed by atoms with Gasteiger partial charge in [0.1, 0.15) is 5.82 Å². The summed E-state index contributed by atoms with van der Waals surface area (Å²) in [7, 11) is 3.48. The van der Waals surface area contributed by atoms with Crippen molar-refractivity contribution in [3.8, 4) is 0 Å². The summed E-state index contributed by atoms with van der Waals surface area (Å²) in [5, 5.41) is 2.90. The van der Waals surface area contributed by atoms with E-state index in [2.05, 4.69) is 5.32 Å². The molecule has 25 heavy (non-hydrogen) atoms. The summed E-state index contributed by atoms with van der Waals surface area (Å²) in [6.45, 7) is 0.327. The Labute approximate surface area is 150 Å². The minimum Gasteiger partial charge on any atom is -0.352 e. The molecule has 0 saturated heterocycles. The first-order valence-corrected chi connectivity index (χ1v) is 9.11. The van der Waals surface area contributed by atoms with Gasteiger partial charge in [0.2, 0.25) is 5.91 Å². The molecule has 0 bridgehead atoms. The lowest BCUT2D eigenvalue weighted by Gasteiger charge is -2.21. The molecule has 1 aromatic heterocycles. The SMILES string of the molecule is CN(C)C(=O)c1cc2c(s1)CC[C@H](C(=O)NCc1cccc(F)c1)C2. The molecule has 0 fully saturated rings. The van der Waals surface area contributed by atoms with Crippen LogP contribution in [0.1, 0.15) is 32.1 Å². The average Bonchev–Trinajstić information content (AvgIpc) is 3.02. The van der Waals surface area contributed by atoms with E-state index < -0.39 is 0 Å². The Morgan fingerprint density at radius 1 is 1.32 bits per heavy atom. The Kier molecular flexibility index (Phi) is 5.18. The van der Waals surface area contributed by atoms with Crippen molar-refractivity contribution in [2.45, 2.75) is 25.8 Å². The molecule has 1 aliphatic rings. The highest BCUT2D eigenvalue weighted by molar-refractivity contribution is 7.14. The number of hydrogen-bond donors (Lipinski definition) is 1. The Morgan fingerprint density at radius 2 is 2.12 bits per heavy atom. The van der Waals surface area contributed by atoms with Crippen LogP contribution >= 0.6 is 11.3 Å². The fourth-order valence-corrected chi connectivity index (χ4v) is 4.28. The van der Waals surface area contributed by atoms with E-state index in [0.717, 1.165) is 28.8 Å². The second kappa shape index (κ2) is 7.35. The summed E-state index contributed by atoms with van der Waals surface area (Å²) in [5.74, 6) is -0.406. The van der Waals surface area contributed by atoms with Crippen LogP contribution in [-0.4, -0.2) is 30.8 Å². The maximum atomic E-state index is 13.2. The number of nitrogens with zero attached hydrogens (tertiary/aromatic N) is 1. The van der Waals surface area contributed by atoms with Gasteiger partial charge in [-0.1, -0.05) is 12.1 Å². The lowest BCUT2D eigenvalue weighted by Crippen LogP contribution is -2.33. The Balaban J connectivity index is 1.62. The molecule has 0 spiro atoms. The normalized spacial score (nSPS) is 16.2. The van der Waals surface area contributed by atoms with Crippen molar-refractivity contribution in [3.05, 3.63) is 57.0 Å². The van der Waals surface area contributed by atoms with E-state index in [1.807, 2.05) is 6.07 Å². The predicted molar refractivity (Wildman–Crippen MR) is 96.1 cm³/mol. The van der Waals surface area contributed by atoms with Crippen LogP contribution in [0, 0.1) is 11.7 Å². The summed E-state index contributed by atoms with van der Waals surface area (Å²) in [6, 6.07) is 8.17. The molecule has 2 aromatic rings. The van der Waals surface area contributed by atoms with Crippen molar-refractivity contribution in [1.82, 2.24) is 10.2 Å². The molecule has 3 rings (SSSR count). The lowest BCUT2D eigenvalue weighted by molar-refractivity contribution is -0.125. The molecule has 0 radical (unpaired) electrons. The molecule has 1 atom stereocenters. The van der Waals surface area contributed by atoms with Crippen LogP contribution in [0.25, 0.3) is 0 Å². The lowest BCUT2D eigenvalue weighted by atomic mass is 9.87. The van der Waals surface area contributed by atoms with Crippen LogP contribution in [0.5, 0.6) is 0 Å². The molecule has 0 aliphatic heterocycles. The first kappa shape index (κ1) is 17.6. The number of carbonyl (C=O) groups is 2. The van der Waals surface area contributed by atoms with Crippen molar-refractivity contribution >= 4 is 23.2 Å². The third-order valence-electron chi connectivity index (χ3n) is 4.43. The second-order valence-corrected chi connectivity index (χ2v) is 7.68. The molecular formula is C19H21FN2O2S. The van der Waals surface area contributed by atoms with Gasteiger partial charge in [-0.3, -0.25) is 9.59 Å². The molecule has 1 N–H and O–H groups in total. The summed E-state index contributed by atoms with van der Waals surface area (Å²) in [4.78, 5) is 28.0. The fourth-order valence-electron chi connectivity index (χ4n) is 3.05. The number of nitrogens with one attached hydrogen (secondary N) is 1. The van der Waals surface area contributed by atoms with Crippen LogP contribution in [-0.2, 0) is 24.2 Å². The van der Waals surface area contributed by atoms with Crippen LogP contribution in [0.2, 0.25) is 0 Å². The molecular weight excluding hydrogens is 339 g/mol. The minimum atomic E-state index is -0.301. The summed E-state index contributed by atoms with van der Waals surface area (Å²) in [5.41, 5.74) is 1.85. The van der Waals surface area contributed by atoms with Gasteiger partial charge in [0.15, 0.2) is 0 Å². The number of benzene rings is 1. The minimum absolute atomic E-state index is 0.00602. The van der Waals surface area contributed by atoms with Crippen molar-refractivity contribution in [1.29, 1.82) is 0 Å². The molecule has 132 valence electrons. The van der Waals surface area contributed by atoms with E-state index in [1.165, 1.54) is 28.3 Å². The number of amides is 2. The highest BCUT2D eigenvalue weighted by atomic mass is 32.1. The first-order chi connectivity index (χ1) is 11.9. The quantitative estimate of drug-likeness (QED) is 0.911. The number of fused-ring (bicyclic) bond motifs is 1. The van der Waals surface area contributed by atoms with E-state index in [1.54, 1.807) is 31.1 Å². The topological polar surface area (TPSA) is 49.4 Å². The van der Waals surface area contributed by atoms with E-state index in [9.17, 15) is 14.0 Å². The number of aryl methyl sites for hydroxylation is 1. The van der Waals surface area contributed by atoms with E-state index >= 15 is 0 Å². The smallest absolute Gasteiger partial charge is 0.263 e. The van der Waals surface area contributed by atoms with Gasteiger partial charge in [0.25, 0.3) is 5.91 Å². The zero-order valence-electron chi connectivity index (χ0n) is 14.3. The van der Waals surface area contributed by atoms with Gasteiger partial charge in [0.05, 0.1) is 4.88 Å². The molecule has 1 aromatic carbocycles. The third kappa shape index (κ3) is 4.07. The van der Waals surface area contributed by atoms with Crippen LogP contribution in [0.3, 0.4) is 0 Å². The third-order valence-corrected chi connectivity index (χ3v) is 5.65. The summed E-state index contributed by atoms with van der Waals surface area (Å²) in [6.07, 6.45) is 2.25. The molecule has 2 amide bonds. The molecule has 4 nitrogen and oxygen atoms in total. The highest BCUT2D eigenvalue weighted by Gasteiger charge is 2.27.